The molecule has 252 valence electrons. The molecule has 11 heteroatoms. The van der Waals surface area contributed by atoms with Crippen LogP contribution in [-0.4, -0.2) is 44.0 Å². The lowest BCUT2D eigenvalue weighted by Gasteiger charge is -2.36. The molecule has 5 rings (SSSR count). The Bertz CT molecular complexity index is 1590. The Kier molecular flexibility index (Phi) is 13.5. The minimum Gasteiger partial charge on any atom is -0.392 e. The normalized spacial score (nSPS) is 17.5. The van der Waals surface area contributed by atoms with E-state index < -0.39 is 6.29 Å². The molecule has 0 saturated carbocycles. The smallest absolute Gasteiger partial charge is 0.243 e. The highest BCUT2D eigenvalue weighted by Crippen LogP contribution is 2.39. The van der Waals surface area contributed by atoms with E-state index in [4.69, 9.17) is 14.7 Å². The largest absolute Gasteiger partial charge is 0.392 e. The molecule has 1 aliphatic rings. The number of nitrogens with zero attached hydrogens (tertiary/aromatic N) is 2. The van der Waals surface area contributed by atoms with Crippen molar-refractivity contribution in [1.29, 1.82) is 0 Å². The second-order valence-corrected chi connectivity index (χ2v) is 12.7. The average Bonchev–Trinajstić information content (AvgIpc) is 3.15. The number of amides is 2. The quantitative estimate of drug-likeness (QED) is 0.0348. The van der Waals surface area contributed by atoms with Crippen LogP contribution in [0.3, 0.4) is 0 Å². The Labute approximate surface area is 285 Å². The number of aromatic nitrogens is 2. The highest BCUT2D eigenvalue weighted by atomic mass is 32.2. The van der Waals surface area contributed by atoms with Crippen molar-refractivity contribution in [3.63, 3.8) is 0 Å². The first-order valence-corrected chi connectivity index (χ1v) is 17.3. The third-order valence-corrected chi connectivity index (χ3v) is 9.23. The number of hydroxylamine groups is 1. The van der Waals surface area contributed by atoms with Crippen LogP contribution >= 0.6 is 11.8 Å². The number of unbranched alkanes of at least 4 members (excludes halogenated alkanes) is 3. The number of ether oxygens (including phenoxy) is 2. The summed E-state index contributed by atoms with van der Waals surface area (Å²) in [5.74, 6) is 0.285. The van der Waals surface area contributed by atoms with Crippen molar-refractivity contribution in [2.45, 2.75) is 81.8 Å². The fraction of sp³-hybridized carbons (Fsp3) is 0.351. The number of rotatable bonds is 16. The molecule has 2 amide bonds. The molecule has 2 heterocycles. The molecule has 0 aliphatic carbocycles. The van der Waals surface area contributed by atoms with E-state index in [9.17, 15) is 14.7 Å². The lowest BCUT2D eigenvalue weighted by atomic mass is 9.97. The number of benzene rings is 3. The van der Waals surface area contributed by atoms with Gasteiger partial charge in [0.15, 0.2) is 11.4 Å². The molecule has 0 spiro atoms. The maximum absolute atomic E-state index is 12.5. The summed E-state index contributed by atoms with van der Waals surface area (Å²) in [4.78, 5) is 32.3. The second kappa shape index (κ2) is 18.4. The van der Waals surface area contributed by atoms with Crippen molar-refractivity contribution in [3.05, 3.63) is 114 Å². The lowest BCUT2D eigenvalue weighted by molar-refractivity contribution is -0.245. The number of carbonyl (C=O) groups is 2. The van der Waals surface area contributed by atoms with Crippen LogP contribution in [0.4, 0.5) is 0 Å². The van der Waals surface area contributed by atoms with Crippen LogP contribution in [-0.2, 0) is 32.2 Å². The van der Waals surface area contributed by atoms with Crippen LogP contribution in [0.25, 0.3) is 11.1 Å². The zero-order chi connectivity index (χ0) is 33.6. The van der Waals surface area contributed by atoms with Gasteiger partial charge in [0.1, 0.15) is 0 Å². The number of aliphatic hydroxyl groups is 1. The number of aliphatic hydroxyl groups excluding tert-OH is 1. The third kappa shape index (κ3) is 10.4. The van der Waals surface area contributed by atoms with Crippen LogP contribution < -0.4 is 10.8 Å². The SMILES string of the molecule is O=C(CCCCCCC(=O)NCc1ccccc1-c1ccc([C@@H]2O[C@H](CSc3ncccn3)C[C@H](c3ccc(CO)cc3)O2)cc1)NO. The average molecular weight is 671 g/mol. The Morgan fingerprint density at radius 2 is 1.50 bits per heavy atom. The summed E-state index contributed by atoms with van der Waals surface area (Å²) >= 11 is 1.56. The first-order chi connectivity index (χ1) is 23.5. The molecule has 0 radical (unpaired) electrons. The minimum atomic E-state index is -0.570. The van der Waals surface area contributed by atoms with Crippen molar-refractivity contribution in [3.8, 4) is 11.1 Å². The first kappa shape index (κ1) is 35.2. The maximum atomic E-state index is 12.5. The van der Waals surface area contributed by atoms with Crippen molar-refractivity contribution >= 4 is 23.6 Å². The van der Waals surface area contributed by atoms with E-state index in [-0.39, 0.29) is 37.0 Å². The van der Waals surface area contributed by atoms with Gasteiger partial charge in [-0.25, -0.2) is 15.4 Å². The topological polar surface area (TPSA) is 143 Å². The van der Waals surface area contributed by atoms with E-state index >= 15 is 0 Å². The van der Waals surface area contributed by atoms with Gasteiger partial charge in [-0.2, -0.15) is 0 Å². The van der Waals surface area contributed by atoms with Gasteiger partial charge in [0.05, 0.1) is 18.8 Å². The third-order valence-electron chi connectivity index (χ3n) is 8.22. The predicted octanol–water partition coefficient (Wildman–Crippen LogP) is 6.44. The van der Waals surface area contributed by atoms with Gasteiger partial charge in [0.2, 0.25) is 11.8 Å². The summed E-state index contributed by atoms with van der Waals surface area (Å²) in [6.45, 7) is 0.412. The zero-order valence-electron chi connectivity index (χ0n) is 26.8. The monoisotopic (exact) mass is 670 g/mol. The lowest BCUT2D eigenvalue weighted by Crippen LogP contribution is -2.31. The standard InChI is InChI=1S/C37H42N4O6S/c42-24-26-12-14-28(15-13-26)33-22-31(25-48-37-38-20-7-21-39-37)46-36(47-33)29-18-16-27(17-19-29)32-9-6-5-8-30(32)23-40-34(43)10-3-1-2-4-11-35(44)41-45/h5-9,12-21,31,33,36,42,45H,1-4,10-11,22-25H2,(H,40,43)(H,41,44)/t31-,33+,36+/m0/s1. The molecular weight excluding hydrogens is 628 g/mol. The van der Waals surface area contributed by atoms with Crippen molar-refractivity contribution in [2.75, 3.05) is 5.75 Å². The zero-order valence-corrected chi connectivity index (χ0v) is 27.6. The Hall–Kier alpha value is -4.13. The summed E-state index contributed by atoms with van der Waals surface area (Å²) in [7, 11) is 0. The van der Waals surface area contributed by atoms with Gasteiger partial charge in [-0.1, -0.05) is 97.4 Å². The van der Waals surface area contributed by atoms with Crippen molar-refractivity contribution in [2.24, 2.45) is 0 Å². The van der Waals surface area contributed by atoms with Gasteiger partial charge < -0.3 is 19.9 Å². The molecule has 3 aromatic carbocycles. The molecule has 10 nitrogen and oxygen atoms in total. The molecule has 1 aromatic heterocycles. The van der Waals surface area contributed by atoms with E-state index in [1.54, 1.807) is 35.7 Å². The molecular formula is C37H42N4O6S. The molecule has 1 saturated heterocycles. The maximum Gasteiger partial charge on any atom is 0.243 e. The molecule has 4 N–H and O–H groups in total. The number of carbonyl (C=O) groups excluding carboxylic acids is 2. The summed E-state index contributed by atoms with van der Waals surface area (Å²) in [5, 5.41) is 21.8. The number of hydrogen-bond acceptors (Lipinski definition) is 9. The van der Waals surface area contributed by atoms with Crippen molar-refractivity contribution < 1.29 is 29.4 Å². The van der Waals surface area contributed by atoms with Crippen LogP contribution in [0.2, 0.25) is 0 Å². The molecule has 0 unspecified atom stereocenters. The van der Waals surface area contributed by atoms with E-state index in [0.29, 0.717) is 36.7 Å². The van der Waals surface area contributed by atoms with Crippen molar-refractivity contribution in [1.82, 2.24) is 20.8 Å². The molecule has 1 aliphatic heterocycles. The van der Waals surface area contributed by atoms with Crippen LogP contribution in [0.15, 0.2) is 96.4 Å². The second-order valence-electron chi connectivity index (χ2n) is 11.7. The highest BCUT2D eigenvalue weighted by Gasteiger charge is 2.32. The molecule has 3 atom stereocenters. The Morgan fingerprint density at radius 1 is 0.812 bits per heavy atom. The van der Waals surface area contributed by atoms with E-state index in [1.807, 2.05) is 54.6 Å². The first-order valence-electron chi connectivity index (χ1n) is 16.3. The Morgan fingerprint density at radius 3 is 2.21 bits per heavy atom. The van der Waals surface area contributed by atoms with Crippen LogP contribution in [0, 0.1) is 0 Å². The van der Waals surface area contributed by atoms with E-state index in [1.165, 1.54) is 0 Å². The Balaban J connectivity index is 1.21. The van der Waals surface area contributed by atoms with E-state index in [0.717, 1.165) is 52.6 Å². The fourth-order valence-corrected chi connectivity index (χ4v) is 6.41. The van der Waals surface area contributed by atoms with Gasteiger partial charge in [0.25, 0.3) is 0 Å². The highest BCUT2D eigenvalue weighted by molar-refractivity contribution is 7.99. The summed E-state index contributed by atoms with van der Waals surface area (Å²) in [6, 6.07) is 25.9. The van der Waals surface area contributed by atoms with Gasteiger partial charge >= 0.3 is 0 Å². The minimum absolute atomic E-state index is 0.00746. The van der Waals surface area contributed by atoms with Gasteiger partial charge in [-0.15, -0.1) is 0 Å². The molecule has 4 aromatic rings. The fourth-order valence-electron chi connectivity index (χ4n) is 5.59. The molecule has 0 bridgehead atoms. The summed E-state index contributed by atoms with van der Waals surface area (Å²) in [6.07, 6.45) is 7.10. The summed E-state index contributed by atoms with van der Waals surface area (Å²) in [5.41, 5.74) is 7.51. The molecule has 1 fully saturated rings. The number of thioether (sulfide) groups is 1. The number of nitrogens with one attached hydrogen (secondary N) is 2. The summed E-state index contributed by atoms with van der Waals surface area (Å²) < 4.78 is 13.0. The van der Waals surface area contributed by atoms with Gasteiger partial charge in [-0.3, -0.25) is 14.8 Å². The van der Waals surface area contributed by atoms with E-state index in [2.05, 4.69) is 33.5 Å². The van der Waals surface area contributed by atoms with Gasteiger partial charge in [-0.05, 0) is 46.7 Å². The van der Waals surface area contributed by atoms with Gasteiger partial charge in [0, 0.05) is 49.5 Å². The number of hydrogen-bond donors (Lipinski definition) is 4. The van der Waals surface area contributed by atoms with Crippen LogP contribution in [0.5, 0.6) is 0 Å². The van der Waals surface area contributed by atoms with Crippen LogP contribution in [0.1, 0.15) is 79.6 Å². The molecule has 48 heavy (non-hydrogen) atoms. The predicted molar refractivity (Wildman–Crippen MR) is 183 cm³/mol.